The van der Waals surface area contributed by atoms with E-state index in [0.717, 1.165) is 26.8 Å². The highest BCUT2D eigenvalue weighted by Gasteiger charge is 2.19. The molecule has 0 fully saturated rings. The average Bonchev–Trinajstić information content (AvgIpc) is 3.35. The molecule has 1 amide bonds. The number of amides is 1. The second-order valence-electron chi connectivity index (χ2n) is 7.66. The molecule has 0 radical (unpaired) electrons. The molecule has 0 atom stereocenters. The van der Waals surface area contributed by atoms with Gasteiger partial charge >= 0.3 is 0 Å². The van der Waals surface area contributed by atoms with E-state index in [1.165, 1.54) is 12.1 Å². The summed E-state index contributed by atoms with van der Waals surface area (Å²) in [6.45, 7) is 2.33. The SMILES string of the molecule is Cc1cc(NC(=O)c2ccc(Br)cc2)n(-c2nc3ccccc3n2Cc2ccc(F)cc2)n1. The molecule has 164 valence electrons. The summed E-state index contributed by atoms with van der Waals surface area (Å²) in [6, 6.07) is 23.1. The lowest BCUT2D eigenvalue weighted by atomic mass is 10.2. The Hall–Kier alpha value is -3.78. The summed E-state index contributed by atoms with van der Waals surface area (Å²) in [5.74, 6) is 0.538. The Balaban J connectivity index is 1.57. The smallest absolute Gasteiger partial charge is 0.256 e. The van der Waals surface area contributed by atoms with Crippen molar-refractivity contribution in [3.05, 3.63) is 106 Å². The van der Waals surface area contributed by atoms with Gasteiger partial charge in [0.1, 0.15) is 11.6 Å². The quantitative estimate of drug-likeness (QED) is 0.333. The molecule has 0 aliphatic carbocycles. The van der Waals surface area contributed by atoms with Gasteiger partial charge in [-0.15, -0.1) is 0 Å². The third kappa shape index (κ3) is 4.29. The average molecular weight is 504 g/mol. The molecule has 5 aromatic rings. The van der Waals surface area contributed by atoms with E-state index in [2.05, 4.69) is 26.3 Å². The van der Waals surface area contributed by atoms with Crippen LogP contribution in [0.2, 0.25) is 0 Å². The van der Waals surface area contributed by atoms with E-state index >= 15 is 0 Å². The summed E-state index contributed by atoms with van der Waals surface area (Å²) in [7, 11) is 0. The van der Waals surface area contributed by atoms with Gasteiger partial charge in [0, 0.05) is 16.1 Å². The first-order valence-electron chi connectivity index (χ1n) is 10.3. The van der Waals surface area contributed by atoms with Crippen molar-refractivity contribution in [2.24, 2.45) is 0 Å². The number of rotatable bonds is 5. The molecule has 0 unspecified atom stereocenters. The van der Waals surface area contributed by atoms with Crippen LogP contribution >= 0.6 is 15.9 Å². The maximum atomic E-state index is 13.4. The Kier molecular flexibility index (Phi) is 5.51. The highest BCUT2D eigenvalue weighted by atomic mass is 79.9. The Morgan fingerprint density at radius 2 is 1.76 bits per heavy atom. The van der Waals surface area contributed by atoms with Gasteiger partial charge in [0.2, 0.25) is 5.95 Å². The largest absolute Gasteiger partial charge is 0.306 e. The summed E-state index contributed by atoms with van der Waals surface area (Å²) in [5.41, 5.74) is 3.90. The molecule has 5 rings (SSSR count). The number of carbonyl (C=O) groups excluding carboxylic acids is 1. The Labute approximate surface area is 197 Å². The fourth-order valence-corrected chi connectivity index (χ4v) is 3.95. The zero-order chi connectivity index (χ0) is 22.9. The Morgan fingerprint density at radius 3 is 2.52 bits per heavy atom. The van der Waals surface area contributed by atoms with Crippen LogP contribution < -0.4 is 5.32 Å². The van der Waals surface area contributed by atoms with E-state index in [9.17, 15) is 9.18 Å². The molecule has 0 spiro atoms. The predicted octanol–water partition coefficient (Wildman–Crippen LogP) is 5.73. The number of imidazole rings is 1. The van der Waals surface area contributed by atoms with Crippen molar-refractivity contribution in [2.75, 3.05) is 5.32 Å². The number of nitrogens with zero attached hydrogens (tertiary/aromatic N) is 4. The highest BCUT2D eigenvalue weighted by Crippen LogP contribution is 2.24. The number of fused-ring (bicyclic) bond motifs is 1. The standard InChI is InChI=1S/C25H19BrFN5O/c1-16-14-23(29-24(33)18-8-10-19(26)11-9-18)32(30-16)25-28-21-4-2-3-5-22(21)31(25)15-17-6-12-20(27)13-7-17/h2-14H,15H2,1H3,(H,29,33). The topological polar surface area (TPSA) is 64.7 Å². The number of aromatic nitrogens is 4. The zero-order valence-corrected chi connectivity index (χ0v) is 19.3. The molecule has 3 aromatic carbocycles. The molecule has 0 bridgehead atoms. The van der Waals surface area contributed by atoms with Crippen LogP contribution in [0.4, 0.5) is 10.2 Å². The second-order valence-corrected chi connectivity index (χ2v) is 8.57. The van der Waals surface area contributed by atoms with Gasteiger partial charge in [-0.1, -0.05) is 40.2 Å². The number of anilines is 1. The van der Waals surface area contributed by atoms with Gasteiger partial charge in [-0.25, -0.2) is 9.37 Å². The van der Waals surface area contributed by atoms with Crippen molar-refractivity contribution in [1.82, 2.24) is 19.3 Å². The minimum absolute atomic E-state index is 0.246. The van der Waals surface area contributed by atoms with Gasteiger partial charge in [0.05, 0.1) is 23.3 Å². The minimum Gasteiger partial charge on any atom is -0.306 e. The Morgan fingerprint density at radius 1 is 1.03 bits per heavy atom. The van der Waals surface area contributed by atoms with E-state index in [4.69, 9.17) is 4.98 Å². The van der Waals surface area contributed by atoms with Gasteiger partial charge in [0.25, 0.3) is 5.91 Å². The van der Waals surface area contributed by atoms with Crippen LogP contribution in [0.3, 0.4) is 0 Å². The molecule has 0 saturated heterocycles. The monoisotopic (exact) mass is 503 g/mol. The summed E-state index contributed by atoms with van der Waals surface area (Å²) in [4.78, 5) is 17.7. The lowest BCUT2D eigenvalue weighted by molar-refractivity contribution is 0.102. The van der Waals surface area contributed by atoms with Crippen molar-refractivity contribution < 1.29 is 9.18 Å². The van der Waals surface area contributed by atoms with Gasteiger partial charge in [-0.3, -0.25) is 4.79 Å². The van der Waals surface area contributed by atoms with Crippen molar-refractivity contribution in [1.29, 1.82) is 0 Å². The van der Waals surface area contributed by atoms with Crippen molar-refractivity contribution in [3.8, 4) is 5.95 Å². The van der Waals surface area contributed by atoms with Gasteiger partial charge in [-0.2, -0.15) is 9.78 Å². The minimum atomic E-state index is -0.282. The molecule has 33 heavy (non-hydrogen) atoms. The first kappa shape index (κ1) is 21.1. The van der Waals surface area contributed by atoms with Gasteiger partial charge in [-0.05, 0) is 61.0 Å². The normalized spacial score (nSPS) is 11.1. The van der Waals surface area contributed by atoms with Crippen LogP contribution in [-0.2, 0) is 6.54 Å². The maximum Gasteiger partial charge on any atom is 0.256 e. The summed E-state index contributed by atoms with van der Waals surface area (Å²) in [6.07, 6.45) is 0. The van der Waals surface area contributed by atoms with Crippen LogP contribution in [0.15, 0.2) is 83.3 Å². The predicted molar refractivity (Wildman–Crippen MR) is 129 cm³/mol. The van der Waals surface area contributed by atoms with E-state index < -0.39 is 0 Å². The molecule has 0 aliphatic heterocycles. The molecular weight excluding hydrogens is 485 g/mol. The second kappa shape index (κ2) is 8.63. The van der Waals surface area contributed by atoms with Gasteiger partial charge in [0.15, 0.2) is 0 Å². The third-order valence-electron chi connectivity index (χ3n) is 5.26. The third-order valence-corrected chi connectivity index (χ3v) is 5.79. The highest BCUT2D eigenvalue weighted by molar-refractivity contribution is 9.10. The molecule has 2 aromatic heterocycles. The number of halogens is 2. The first-order valence-corrected chi connectivity index (χ1v) is 11.1. The van der Waals surface area contributed by atoms with Crippen LogP contribution in [-0.4, -0.2) is 25.2 Å². The molecule has 2 heterocycles. The number of benzene rings is 3. The van der Waals surface area contributed by atoms with E-state index in [-0.39, 0.29) is 11.7 Å². The number of carbonyl (C=O) groups is 1. The first-order chi connectivity index (χ1) is 16.0. The lowest BCUT2D eigenvalue weighted by Gasteiger charge is -2.12. The molecule has 8 heteroatoms. The van der Waals surface area contributed by atoms with Crippen LogP contribution in [0.1, 0.15) is 21.6 Å². The summed E-state index contributed by atoms with van der Waals surface area (Å²) < 4.78 is 18.0. The van der Waals surface area contributed by atoms with Gasteiger partial charge < -0.3 is 9.88 Å². The number of hydrogen-bond acceptors (Lipinski definition) is 3. The zero-order valence-electron chi connectivity index (χ0n) is 17.7. The number of nitrogens with one attached hydrogen (secondary N) is 1. The summed E-state index contributed by atoms with van der Waals surface area (Å²) >= 11 is 3.39. The molecular formula is C25H19BrFN5O. The van der Waals surface area contributed by atoms with E-state index in [0.29, 0.717) is 23.9 Å². The maximum absolute atomic E-state index is 13.4. The molecule has 6 nitrogen and oxygen atoms in total. The summed E-state index contributed by atoms with van der Waals surface area (Å²) in [5, 5.41) is 7.56. The van der Waals surface area contributed by atoms with Crippen molar-refractivity contribution in [3.63, 3.8) is 0 Å². The number of aryl methyl sites for hydroxylation is 1. The van der Waals surface area contributed by atoms with Crippen LogP contribution in [0, 0.1) is 12.7 Å². The fraction of sp³-hybridized carbons (Fsp3) is 0.0800. The number of para-hydroxylation sites is 2. The fourth-order valence-electron chi connectivity index (χ4n) is 3.68. The van der Waals surface area contributed by atoms with Crippen molar-refractivity contribution >= 4 is 38.7 Å². The number of hydrogen-bond donors (Lipinski definition) is 1. The van der Waals surface area contributed by atoms with Crippen molar-refractivity contribution in [2.45, 2.75) is 13.5 Å². The molecule has 1 N–H and O–H groups in total. The lowest BCUT2D eigenvalue weighted by Crippen LogP contribution is -2.17. The van der Waals surface area contributed by atoms with E-state index in [1.807, 2.05) is 47.9 Å². The molecule has 0 saturated carbocycles. The Bertz CT molecular complexity index is 1450. The molecule has 0 aliphatic rings. The van der Waals surface area contributed by atoms with Crippen LogP contribution in [0.25, 0.3) is 17.0 Å². The van der Waals surface area contributed by atoms with Crippen LogP contribution in [0.5, 0.6) is 0 Å². The van der Waals surface area contributed by atoms with E-state index in [1.54, 1.807) is 35.0 Å².